The molecule has 4 aromatic rings. The number of ether oxygens (including phenoxy) is 5. The van der Waals surface area contributed by atoms with Crippen molar-refractivity contribution in [3.8, 4) is 5.75 Å². The zero-order valence-corrected chi connectivity index (χ0v) is 29.7. The first kappa shape index (κ1) is 36.2. The van der Waals surface area contributed by atoms with E-state index in [2.05, 4.69) is 4.98 Å². The van der Waals surface area contributed by atoms with Crippen molar-refractivity contribution in [3.63, 3.8) is 0 Å². The van der Waals surface area contributed by atoms with Gasteiger partial charge >= 0.3 is 24.1 Å². The third-order valence-electron chi connectivity index (χ3n) is 11.2. The summed E-state index contributed by atoms with van der Waals surface area (Å²) in [4.78, 5) is 56.0. The monoisotopic (exact) mass is 724 g/mol. The minimum Gasteiger partial charge on any atom is -0.458 e. The van der Waals surface area contributed by atoms with Gasteiger partial charge in [0.05, 0.1) is 38.0 Å². The number of hydrogen-bond acceptors (Lipinski definition) is 10. The Morgan fingerprint density at radius 3 is 2.09 bits per heavy atom. The van der Waals surface area contributed by atoms with E-state index in [0.717, 1.165) is 46.6 Å². The molecule has 0 radical (unpaired) electrons. The summed E-state index contributed by atoms with van der Waals surface area (Å²) in [5, 5.41) is 0.901. The van der Waals surface area contributed by atoms with Gasteiger partial charge in [-0.2, -0.15) is 0 Å². The first-order chi connectivity index (χ1) is 25.8. The second kappa shape index (κ2) is 15.8. The van der Waals surface area contributed by atoms with Gasteiger partial charge in [0.15, 0.2) is 0 Å². The molecule has 1 aromatic heterocycles. The van der Waals surface area contributed by atoms with Gasteiger partial charge in [-0.3, -0.25) is 9.59 Å². The highest BCUT2D eigenvalue weighted by molar-refractivity contribution is 5.88. The lowest BCUT2D eigenvalue weighted by Crippen LogP contribution is -2.60. The van der Waals surface area contributed by atoms with Gasteiger partial charge in [0.25, 0.3) is 5.60 Å². The Labute approximate surface area is 308 Å². The Hall–Kier alpha value is -5.20. The molecule has 278 valence electrons. The normalized spacial score (nSPS) is 20.2. The molecule has 3 aliphatic rings. The van der Waals surface area contributed by atoms with Crippen molar-refractivity contribution in [2.45, 2.75) is 81.6 Å². The highest BCUT2D eigenvalue weighted by Crippen LogP contribution is 2.47. The molecular weight excluding hydrogens is 678 g/mol. The van der Waals surface area contributed by atoms with E-state index < -0.39 is 36.5 Å². The Bertz CT molecular complexity index is 1870. The van der Waals surface area contributed by atoms with E-state index in [-0.39, 0.29) is 18.9 Å². The van der Waals surface area contributed by atoms with Crippen LogP contribution in [-0.2, 0) is 45.4 Å². The van der Waals surface area contributed by atoms with Gasteiger partial charge < -0.3 is 38.9 Å². The van der Waals surface area contributed by atoms with Crippen LogP contribution in [0.25, 0.3) is 10.9 Å². The average Bonchev–Trinajstić information content (AvgIpc) is 3.86. The predicted octanol–water partition coefficient (Wildman–Crippen LogP) is 5.80. The molecule has 12 heteroatoms. The number of carbonyl (C=O) groups is 4. The summed E-state index contributed by atoms with van der Waals surface area (Å²) in [6.45, 7) is 2.08. The number of nitrogens with one attached hydrogen (secondary N) is 1. The highest BCUT2D eigenvalue weighted by Gasteiger charge is 2.57. The molecule has 7 rings (SSSR count). The van der Waals surface area contributed by atoms with Gasteiger partial charge in [0, 0.05) is 66.8 Å². The fourth-order valence-corrected chi connectivity index (χ4v) is 8.79. The third kappa shape index (κ3) is 7.51. The van der Waals surface area contributed by atoms with Gasteiger partial charge in [-0.15, -0.1) is 0 Å². The molecule has 0 aliphatic carbocycles. The zero-order valence-electron chi connectivity index (χ0n) is 29.7. The van der Waals surface area contributed by atoms with Crippen LogP contribution in [0.3, 0.4) is 0 Å². The molecule has 4 heterocycles. The van der Waals surface area contributed by atoms with Crippen molar-refractivity contribution in [1.29, 1.82) is 0 Å². The number of hydrogen-bond donors (Lipinski definition) is 2. The number of H-pyrrole nitrogens is 1. The average molecular weight is 725 g/mol. The predicted molar refractivity (Wildman–Crippen MR) is 193 cm³/mol. The quantitative estimate of drug-likeness (QED) is 0.0568. The lowest BCUT2D eigenvalue weighted by molar-refractivity contribution is -0.956. The maximum atomic E-state index is 14.5. The van der Waals surface area contributed by atoms with E-state index >= 15 is 0 Å². The number of carbonyl (C=O) groups excluding carboxylic acids is 4. The van der Waals surface area contributed by atoms with Gasteiger partial charge in [-0.05, 0) is 36.7 Å². The topological polar surface area (TPSA) is 156 Å². The molecule has 3 fully saturated rings. The number of piperidine rings is 1. The molecule has 0 amide bonds. The van der Waals surface area contributed by atoms with E-state index in [1.807, 2.05) is 6.20 Å². The molecule has 3 N–H and O–H groups in total. The summed E-state index contributed by atoms with van der Waals surface area (Å²) >= 11 is 0. The number of benzene rings is 3. The maximum absolute atomic E-state index is 14.5. The van der Waals surface area contributed by atoms with Crippen molar-refractivity contribution in [1.82, 2.24) is 4.98 Å². The molecule has 3 saturated heterocycles. The molecule has 2 atom stereocenters. The Kier molecular flexibility index (Phi) is 10.8. The van der Waals surface area contributed by atoms with Crippen molar-refractivity contribution in [2.24, 2.45) is 5.73 Å². The van der Waals surface area contributed by atoms with Crippen LogP contribution in [0.2, 0.25) is 0 Å². The first-order valence-corrected chi connectivity index (χ1v) is 18.5. The number of nitrogens with two attached hydrogens (primary N) is 1. The zero-order chi connectivity index (χ0) is 36.8. The SMILES string of the molecule is NCCc1c[nH]c2ccc(OC(=O)CCC(=O)OCOC(=O)OC(C(=O)OC3CC4CCC(C3)[N+]43CCCC3)(c3ccccc3)c3ccccc3)cc12. The van der Waals surface area contributed by atoms with Crippen LogP contribution in [0.4, 0.5) is 4.79 Å². The van der Waals surface area contributed by atoms with E-state index in [1.165, 1.54) is 25.9 Å². The van der Waals surface area contributed by atoms with Crippen LogP contribution < -0.4 is 10.5 Å². The number of fused-ring (bicyclic) bond motifs is 1. The number of rotatable bonds is 13. The Morgan fingerprint density at radius 2 is 1.45 bits per heavy atom. The lowest BCUT2D eigenvalue weighted by atomic mass is 9.85. The largest absolute Gasteiger partial charge is 0.513 e. The molecule has 3 aliphatic heterocycles. The summed E-state index contributed by atoms with van der Waals surface area (Å²) < 4.78 is 29.1. The second-order valence-corrected chi connectivity index (χ2v) is 14.2. The third-order valence-corrected chi connectivity index (χ3v) is 11.2. The summed E-state index contributed by atoms with van der Waals surface area (Å²) in [5.41, 5.74) is 6.38. The van der Waals surface area contributed by atoms with Crippen LogP contribution in [-0.4, -0.2) is 78.1 Å². The standard InChI is InChI=1S/C41H46N3O9/c42-20-19-28-26-43-36-16-15-33(25-35(28)36)51-38(46)18-17-37(45)49-27-50-40(48)53-41(29-9-3-1-4-10-29,30-11-5-2-6-12-30)39(47)52-34-23-31-13-14-32(24-34)44(31)21-7-8-22-44/h1-6,9-12,15-16,25-26,31-32,34,43H,7-8,13-14,17-24,27,42H2/q+1. The summed E-state index contributed by atoms with van der Waals surface area (Å²) in [5.74, 6) is -1.79. The summed E-state index contributed by atoms with van der Waals surface area (Å²) in [6.07, 6.45) is 6.71. The van der Waals surface area contributed by atoms with Crippen LogP contribution in [0.5, 0.6) is 5.75 Å². The molecule has 3 aromatic carbocycles. The van der Waals surface area contributed by atoms with Crippen molar-refractivity contribution in [2.75, 3.05) is 26.4 Å². The van der Waals surface area contributed by atoms with Crippen molar-refractivity contribution in [3.05, 3.63) is 102 Å². The molecular formula is C41H46N3O9+. The number of nitrogens with zero attached hydrogens (tertiary/aromatic N) is 1. The minimum atomic E-state index is -1.99. The van der Waals surface area contributed by atoms with E-state index in [4.69, 9.17) is 29.4 Å². The number of quaternary nitrogens is 1. The number of aromatic nitrogens is 1. The first-order valence-electron chi connectivity index (χ1n) is 18.5. The molecule has 2 bridgehead atoms. The fraction of sp³-hybridized carbons (Fsp3) is 0.415. The van der Waals surface area contributed by atoms with Gasteiger partial charge in [0.2, 0.25) is 6.79 Å². The highest BCUT2D eigenvalue weighted by atomic mass is 16.8. The second-order valence-electron chi connectivity index (χ2n) is 14.2. The molecule has 1 spiro atoms. The molecule has 2 unspecified atom stereocenters. The van der Waals surface area contributed by atoms with Crippen LogP contribution in [0.1, 0.15) is 68.1 Å². The number of esters is 3. The van der Waals surface area contributed by atoms with Crippen LogP contribution in [0.15, 0.2) is 85.1 Å². The van der Waals surface area contributed by atoms with Crippen molar-refractivity contribution < 1.29 is 47.3 Å². The Morgan fingerprint density at radius 1 is 0.811 bits per heavy atom. The molecule has 0 saturated carbocycles. The van der Waals surface area contributed by atoms with Crippen LogP contribution >= 0.6 is 0 Å². The van der Waals surface area contributed by atoms with Crippen molar-refractivity contribution >= 4 is 35.0 Å². The van der Waals surface area contributed by atoms with E-state index in [0.29, 0.717) is 41.9 Å². The maximum Gasteiger partial charge on any atom is 0.513 e. The van der Waals surface area contributed by atoms with Gasteiger partial charge in [0.1, 0.15) is 11.9 Å². The molecule has 12 nitrogen and oxygen atoms in total. The Balaban J connectivity index is 0.975. The van der Waals surface area contributed by atoms with Gasteiger partial charge in [-0.25, -0.2) is 9.59 Å². The van der Waals surface area contributed by atoms with Crippen LogP contribution in [0, 0.1) is 0 Å². The summed E-state index contributed by atoms with van der Waals surface area (Å²) in [6, 6.07) is 23.5. The van der Waals surface area contributed by atoms with Gasteiger partial charge in [-0.1, -0.05) is 60.7 Å². The lowest BCUT2D eigenvalue weighted by Gasteiger charge is -2.47. The summed E-state index contributed by atoms with van der Waals surface area (Å²) in [7, 11) is 0. The smallest absolute Gasteiger partial charge is 0.458 e. The van der Waals surface area contributed by atoms with E-state index in [9.17, 15) is 19.2 Å². The fourth-order valence-electron chi connectivity index (χ4n) is 8.79. The van der Waals surface area contributed by atoms with E-state index in [1.54, 1.807) is 78.9 Å². The number of aromatic amines is 1. The minimum absolute atomic E-state index is 0.260. The molecule has 53 heavy (non-hydrogen) atoms.